The van der Waals surface area contributed by atoms with E-state index in [-0.39, 0.29) is 46.0 Å². The van der Waals surface area contributed by atoms with Gasteiger partial charge in [-0.15, -0.1) is 0 Å². The number of amides is 2. The summed E-state index contributed by atoms with van der Waals surface area (Å²) < 4.78 is 0. The first-order chi connectivity index (χ1) is 18.8. The molecular weight excluding hydrogens is 494 g/mol. The van der Waals surface area contributed by atoms with Crippen LogP contribution in [0.5, 0.6) is 0 Å². The minimum absolute atomic E-state index is 0.107. The Morgan fingerprint density at radius 1 is 0.769 bits per heavy atom. The van der Waals surface area contributed by atoms with E-state index in [1.807, 2.05) is 26.2 Å². The number of allylic oxidation sites excluding steroid dienone is 4. The van der Waals surface area contributed by atoms with E-state index in [4.69, 9.17) is 0 Å². The van der Waals surface area contributed by atoms with E-state index < -0.39 is 0 Å². The summed E-state index contributed by atoms with van der Waals surface area (Å²) in [7, 11) is 0. The smallest absolute Gasteiger partial charge is 0.274 e. The molecule has 9 rings (SSSR count). The second-order valence-electron chi connectivity index (χ2n) is 12.1. The molecule has 2 amide bonds. The third kappa shape index (κ3) is 2.31. The molecule has 39 heavy (non-hydrogen) atoms. The summed E-state index contributed by atoms with van der Waals surface area (Å²) in [6, 6.07) is 3.29. The number of hydrogen-bond donors (Lipinski definition) is 3. The molecule has 9 nitrogen and oxygen atoms in total. The van der Waals surface area contributed by atoms with Gasteiger partial charge >= 0.3 is 0 Å². The van der Waals surface area contributed by atoms with Gasteiger partial charge in [-0.05, 0) is 72.9 Å². The Hall–Kier alpha value is -4.40. The standard InChI is InChI=1S/C30H25N5O4/c1-13-9-31-25-19(36)5-21-29(23(13)25)7-15(29)11-34(21)27(38)17-3-4-18(33-17)28(39)35-12-16-8-30(16)22(35)6-20(37)26-24(30)14(2)10-32-26/h3-6,9-10,15-16,31-33H,7-8,11-12H2,1-2H3/t15-,16-,29?,30?/m1/s1. The van der Waals surface area contributed by atoms with Crippen LogP contribution in [0.15, 0.2) is 48.1 Å². The molecule has 0 radical (unpaired) electrons. The lowest BCUT2D eigenvalue weighted by atomic mass is 9.83. The van der Waals surface area contributed by atoms with Gasteiger partial charge in [0.1, 0.15) is 11.4 Å². The fourth-order valence-electron chi connectivity index (χ4n) is 8.42. The van der Waals surface area contributed by atoms with Crippen LogP contribution in [0.1, 0.15) is 77.0 Å². The van der Waals surface area contributed by atoms with Gasteiger partial charge in [-0.1, -0.05) is 0 Å². The summed E-state index contributed by atoms with van der Waals surface area (Å²) in [6.45, 7) is 5.11. The number of aromatic amines is 3. The largest absolute Gasteiger partial charge is 0.358 e. The maximum atomic E-state index is 13.7. The minimum atomic E-state index is -0.270. The van der Waals surface area contributed by atoms with Gasteiger partial charge in [0.15, 0.2) is 0 Å². The quantitative estimate of drug-likeness (QED) is 0.481. The number of likely N-dealkylation sites (tertiary alicyclic amines) is 2. The van der Waals surface area contributed by atoms with Crippen molar-refractivity contribution in [2.24, 2.45) is 11.8 Å². The van der Waals surface area contributed by atoms with Gasteiger partial charge in [-0.25, -0.2) is 0 Å². The predicted molar refractivity (Wildman–Crippen MR) is 138 cm³/mol. The first kappa shape index (κ1) is 21.5. The Bertz CT molecular complexity index is 1690. The van der Waals surface area contributed by atoms with E-state index in [9.17, 15) is 19.2 Å². The first-order valence-corrected chi connectivity index (χ1v) is 13.5. The maximum Gasteiger partial charge on any atom is 0.274 e. The number of rotatable bonds is 2. The van der Waals surface area contributed by atoms with E-state index in [0.29, 0.717) is 35.9 Å². The monoisotopic (exact) mass is 519 g/mol. The molecule has 4 aliphatic carbocycles. The molecule has 0 bridgehead atoms. The zero-order valence-electron chi connectivity index (χ0n) is 21.5. The number of aromatic nitrogens is 3. The number of piperidine rings is 2. The fourth-order valence-corrected chi connectivity index (χ4v) is 8.42. The lowest BCUT2D eigenvalue weighted by Gasteiger charge is -2.28. The normalized spacial score (nSPS) is 30.6. The molecule has 2 spiro atoms. The highest BCUT2D eigenvalue weighted by Gasteiger charge is 2.69. The molecule has 3 aromatic heterocycles. The molecule has 2 unspecified atom stereocenters. The summed E-state index contributed by atoms with van der Waals surface area (Å²) in [5, 5.41) is 0. The van der Waals surface area contributed by atoms with Crippen molar-refractivity contribution < 1.29 is 19.2 Å². The van der Waals surface area contributed by atoms with Crippen LogP contribution >= 0.6 is 0 Å². The van der Waals surface area contributed by atoms with Crippen LogP contribution in [0.25, 0.3) is 0 Å². The predicted octanol–water partition coefficient (Wildman–Crippen LogP) is 3.28. The SMILES string of the molecule is Cc1c[nH]c2c1C13C[C@@H]1CN(C(=O)c1ccc(C(=O)N4C[C@H]5CC56C4=CC(=O)c4[nH]cc(C)c46)[nH]1)C3=CC2=O. The van der Waals surface area contributed by atoms with Crippen LogP contribution in [-0.2, 0) is 10.8 Å². The van der Waals surface area contributed by atoms with Crippen molar-refractivity contribution in [3.63, 3.8) is 0 Å². The van der Waals surface area contributed by atoms with E-state index >= 15 is 0 Å². The average Bonchev–Trinajstić information content (AvgIpc) is 3.36. The Morgan fingerprint density at radius 3 is 1.64 bits per heavy atom. The number of fused-ring (bicyclic) bond motifs is 2. The van der Waals surface area contributed by atoms with Crippen LogP contribution in [0.3, 0.4) is 0 Å². The Morgan fingerprint density at radius 2 is 1.21 bits per heavy atom. The van der Waals surface area contributed by atoms with Gasteiger partial charge in [-0.2, -0.15) is 0 Å². The zero-order valence-corrected chi connectivity index (χ0v) is 21.5. The number of hydrogen-bond acceptors (Lipinski definition) is 4. The van der Waals surface area contributed by atoms with Gasteiger partial charge in [0.05, 0.1) is 11.4 Å². The minimum Gasteiger partial charge on any atom is -0.358 e. The molecule has 4 fully saturated rings. The summed E-state index contributed by atoms with van der Waals surface area (Å²) in [6.07, 6.45) is 8.83. The zero-order chi connectivity index (χ0) is 26.6. The molecule has 3 N–H and O–H groups in total. The number of carbonyl (C=O) groups is 4. The van der Waals surface area contributed by atoms with Gasteiger partial charge in [-0.3, -0.25) is 19.2 Å². The topological polar surface area (TPSA) is 122 Å². The van der Waals surface area contributed by atoms with E-state index in [1.54, 1.807) is 34.1 Å². The molecule has 9 heteroatoms. The third-order valence-electron chi connectivity index (χ3n) is 10.2. The Kier molecular flexibility index (Phi) is 3.54. The van der Waals surface area contributed by atoms with Crippen molar-refractivity contribution in [2.45, 2.75) is 37.5 Å². The number of aryl methyl sites for hydroxylation is 2. The van der Waals surface area contributed by atoms with Gasteiger partial charge in [0, 0.05) is 59.9 Å². The Balaban J connectivity index is 1.01. The highest BCUT2D eigenvalue weighted by Crippen LogP contribution is 2.68. The average molecular weight is 520 g/mol. The van der Waals surface area contributed by atoms with Crippen molar-refractivity contribution in [3.05, 3.63) is 93.1 Å². The second kappa shape index (κ2) is 6.42. The van der Waals surface area contributed by atoms with Crippen LogP contribution < -0.4 is 0 Å². The maximum absolute atomic E-state index is 13.7. The lowest BCUT2D eigenvalue weighted by Crippen LogP contribution is -2.35. The summed E-state index contributed by atoms with van der Waals surface area (Å²) in [5.74, 6) is -0.119. The molecule has 3 aromatic rings. The molecule has 194 valence electrons. The van der Waals surface area contributed by atoms with Crippen molar-refractivity contribution in [1.29, 1.82) is 0 Å². The number of ketones is 2. The fraction of sp³-hybridized carbons (Fsp3) is 0.333. The van der Waals surface area contributed by atoms with Crippen LogP contribution in [0.4, 0.5) is 0 Å². The number of nitrogens with zero attached hydrogens (tertiary/aromatic N) is 2. The highest BCUT2D eigenvalue weighted by molar-refractivity contribution is 6.10. The van der Waals surface area contributed by atoms with Crippen molar-refractivity contribution >= 4 is 23.4 Å². The van der Waals surface area contributed by atoms with E-state index in [0.717, 1.165) is 46.5 Å². The van der Waals surface area contributed by atoms with E-state index in [1.165, 1.54) is 0 Å². The van der Waals surface area contributed by atoms with Crippen LogP contribution in [-0.4, -0.2) is 61.2 Å². The molecule has 2 saturated heterocycles. The number of nitrogens with one attached hydrogen (secondary N) is 3. The molecular formula is C30H25N5O4. The molecule has 6 aliphatic rings. The molecule has 4 atom stereocenters. The van der Waals surface area contributed by atoms with Crippen molar-refractivity contribution in [2.75, 3.05) is 13.1 Å². The van der Waals surface area contributed by atoms with Crippen molar-refractivity contribution in [1.82, 2.24) is 24.8 Å². The number of carbonyl (C=O) groups excluding carboxylic acids is 4. The summed E-state index contributed by atoms with van der Waals surface area (Å²) >= 11 is 0. The van der Waals surface area contributed by atoms with Crippen molar-refractivity contribution in [3.8, 4) is 0 Å². The molecule has 2 saturated carbocycles. The van der Waals surface area contributed by atoms with Crippen LogP contribution in [0.2, 0.25) is 0 Å². The molecule has 5 heterocycles. The lowest BCUT2D eigenvalue weighted by molar-refractivity contribution is 0.0803. The van der Waals surface area contributed by atoms with E-state index in [2.05, 4.69) is 15.0 Å². The molecule has 0 aromatic carbocycles. The third-order valence-corrected chi connectivity index (χ3v) is 10.2. The van der Waals surface area contributed by atoms with Gasteiger partial charge in [0.2, 0.25) is 11.6 Å². The molecule has 2 aliphatic heterocycles. The summed E-state index contributed by atoms with van der Waals surface area (Å²) in [5.41, 5.74) is 7.07. The first-order valence-electron chi connectivity index (χ1n) is 13.5. The van der Waals surface area contributed by atoms with Gasteiger partial charge < -0.3 is 24.8 Å². The second-order valence-corrected chi connectivity index (χ2v) is 12.1. The van der Waals surface area contributed by atoms with Crippen LogP contribution in [0, 0.1) is 25.7 Å². The number of H-pyrrole nitrogens is 3. The Labute approximate surface area is 222 Å². The summed E-state index contributed by atoms with van der Waals surface area (Å²) in [4.78, 5) is 65.8. The highest BCUT2D eigenvalue weighted by atomic mass is 16.2. The van der Waals surface area contributed by atoms with Gasteiger partial charge in [0.25, 0.3) is 11.8 Å².